The van der Waals surface area contributed by atoms with E-state index in [1.165, 1.54) is 25.7 Å². The van der Waals surface area contributed by atoms with E-state index in [4.69, 9.17) is 5.73 Å². The van der Waals surface area contributed by atoms with Crippen LogP contribution < -0.4 is 11.1 Å². The summed E-state index contributed by atoms with van der Waals surface area (Å²) in [6.07, 6.45) is 6.17. The standard InChI is InChI=1S/C11H22N2O/c1-8-6-4-3-5-7-10(8)13-11(14)9(2)12/h8-10H,3-7,12H2,1-2H3,(H,13,14)/t8?,9-,10?/m0/s1. The van der Waals surface area contributed by atoms with Gasteiger partial charge in [-0.15, -0.1) is 0 Å². The first-order chi connectivity index (χ1) is 6.61. The number of hydrogen-bond acceptors (Lipinski definition) is 2. The highest BCUT2D eigenvalue weighted by molar-refractivity contribution is 5.81. The van der Waals surface area contributed by atoms with Gasteiger partial charge in [0.2, 0.25) is 5.91 Å². The van der Waals surface area contributed by atoms with E-state index in [9.17, 15) is 4.79 Å². The van der Waals surface area contributed by atoms with Crippen molar-refractivity contribution in [2.75, 3.05) is 0 Å². The zero-order valence-corrected chi connectivity index (χ0v) is 9.25. The molecule has 0 aromatic carbocycles. The third-order valence-corrected chi connectivity index (χ3v) is 3.10. The minimum atomic E-state index is -0.384. The van der Waals surface area contributed by atoms with Crippen molar-refractivity contribution in [2.45, 2.75) is 58.0 Å². The lowest BCUT2D eigenvalue weighted by Crippen LogP contribution is -2.46. The third-order valence-electron chi connectivity index (χ3n) is 3.10. The van der Waals surface area contributed by atoms with Gasteiger partial charge in [-0.05, 0) is 25.7 Å². The first kappa shape index (κ1) is 11.5. The Hall–Kier alpha value is -0.570. The molecule has 0 heterocycles. The lowest BCUT2D eigenvalue weighted by atomic mass is 9.97. The number of rotatable bonds is 2. The van der Waals surface area contributed by atoms with E-state index in [-0.39, 0.29) is 11.9 Å². The van der Waals surface area contributed by atoms with Gasteiger partial charge in [-0.25, -0.2) is 0 Å². The van der Waals surface area contributed by atoms with Crippen molar-refractivity contribution in [3.63, 3.8) is 0 Å². The van der Waals surface area contributed by atoms with Gasteiger partial charge >= 0.3 is 0 Å². The summed E-state index contributed by atoms with van der Waals surface area (Å²) < 4.78 is 0. The zero-order valence-electron chi connectivity index (χ0n) is 9.25. The molecule has 1 rings (SSSR count). The fraction of sp³-hybridized carbons (Fsp3) is 0.909. The molecule has 14 heavy (non-hydrogen) atoms. The van der Waals surface area contributed by atoms with Crippen LogP contribution in [0.2, 0.25) is 0 Å². The lowest BCUT2D eigenvalue weighted by molar-refractivity contribution is -0.123. The second kappa shape index (κ2) is 5.35. The van der Waals surface area contributed by atoms with Crippen LogP contribution in [-0.4, -0.2) is 18.0 Å². The van der Waals surface area contributed by atoms with E-state index in [0.717, 1.165) is 6.42 Å². The Labute approximate surface area is 86.4 Å². The van der Waals surface area contributed by atoms with Gasteiger partial charge in [-0.1, -0.05) is 26.2 Å². The smallest absolute Gasteiger partial charge is 0.236 e. The van der Waals surface area contributed by atoms with Crippen molar-refractivity contribution in [2.24, 2.45) is 11.7 Å². The van der Waals surface area contributed by atoms with E-state index < -0.39 is 0 Å². The minimum absolute atomic E-state index is 0.0104. The molecule has 3 atom stereocenters. The van der Waals surface area contributed by atoms with Crippen LogP contribution >= 0.6 is 0 Å². The van der Waals surface area contributed by atoms with E-state index in [1.54, 1.807) is 6.92 Å². The molecule has 1 fully saturated rings. The van der Waals surface area contributed by atoms with Crippen LogP contribution in [-0.2, 0) is 4.79 Å². The number of amides is 1. The Morgan fingerprint density at radius 2 is 2.00 bits per heavy atom. The number of carbonyl (C=O) groups excluding carboxylic acids is 1. The molecule has 0 radical (unpaired) electrons. The second-order valence-electron chi connectivity index (χ2n) is 4.52. The topological polar surface area (TPSA) is 55.1 Å². The van der Waals surface area contributed by atoms with Crippen LogP contribution in [0.1, 0.15) is 46.0 Å². The summed E-state index contributed by atoms with van der Waals surface area (Å²) in [5.41, 5.74) is 5.53. The van der Waals surface area contributed by atoms with E-state index in [1.807, 2.05) is 0 Å². The number of carbonyl (C=O) groups is 1. The Kier molecular flexibility index (Phi) is 4.39. The molecule has 3 heteroatoms. The van der Waals surface area contributed by atoms with Crippen LogP contribution in [0.5, 0.6) is 0 Å². The maximum Gasteiger partial charge on any atom is 0.236 e. The third kappa shape index (κ3) is 3.29. The van der Waals surface area contributed by atoms with Gasteiger partial charge in [0.25, 0.3) is 0 Å². The molecule has 3 nitrogen and oxygen atoms in total. The summed E-state index contributed by atoms with van der Waals surface area (Å²) in [5.74, 6) is 0.587. The molecular weight excluding hydrogens is 176 g/mol. The van der Waals surface area contributed by atoms with E-state index in [2.05, 4.69) is 12.2 Å². The highest BCUT2D eigenvalue weighted by Crippen LogP contribution is 2.22. The molecule has 0 bridgehead atoms. The summed E-state index contributed by atoms with van der Waals surface area (Å²) in [5, 5.41) is 3.04. The predicted molar refractivity (Wildman–Crippen MR) is 57.8 cm³/mol. The molecule has 0 saturated heterocycles. The normalized spacial score (nSPS) is 30.5. The molecular formula is C11H22N2O. The monoisotopic (exact) mass is 198 g/mol. The Morgan fingerprint density at radius 3 is 2.64 bits per heavy atom. The first-order valence-electron chi connectivity index (χ1n) is 5.67. The maximum atomic E-state index is 11.4. The van der Waals surface area contributed by atoms with Crippen LogP contribution in [0.25, 0.3) is 0 Å². The molecule has 0 spiro atoms. The van der Waals surface area contributed by atoms with Gasteiger partial charge in [0.15, 0.2) is 0 Å². The average Bonchev–Trinajstić information content (AvgIpc) is 2.32. The van der Waals surface area contributed by atoms with Crippen LogP contribution in [0.15, 0.2) is 0 Å². The lowest BCUT2D eigenvalue weighted by Gasteiger charge is -2.23. The molecule has 1 aliphatic carbocycles. The van der Waals surface area contributed by atoms with Gasteiger partial charge in [-0.2, -0.15) is 0 Å². The van der Waals surface area contributed by atoms with Gasteiger partial charge in [0, 0.05) is 6.04 Å². The predicted octanol–water partition coefficient (Wildman–Crippen LogP) is 1.42. The second-order valence-corrected chi connectivity index (χ2v) is 4.52. The van der Waals surface area contributed by atoms with Crippen molar-refractivity contribution in [1.82, 2.24) is 5.32 Å². The largest absolute Gasteiger partial charge is 0.352 e. The van der Waals surface area contributed by atoms with E-state index >= 15 is 0 Å². The summed E-state index contributed by atoms with van der Waals surface area (Å²) in [6.45, 7) is 3.95. The average molecular weight is 198 g/mol. The molecule has 82 valence electrons. The summed E-state index contributed by atoms with van der Waals surface area (Å²) >= 11 is 0. The quantitative estimate of drug-likeness (QED) is 0.659. The molecule has 2 unspecified atom stereocenters. The first-order valence-corrected chi connectivity index (χ1v) is 5.67. The summed E-state index contributed by atoms with van der Waals surface area (Å²) in [6, 6.07) is -0.0403. The fourth-order valence-electron chi connectivity index (χ4n) is 2.02. The number of nitrogens with two attached hydrogens (primary N) is 1. The molecule has 1 saturated carbocycles. The number of nitrogens with one attached hydrogen (secondary N) is 1. The van der Waals surface area contributed by atoms with Gasteiger partial charge in [0.05, 0.1) is 6.04 Å². The summed E-state index contributed by atoms with van der Waals surface area (Å²) in [4.78, 5) is 11.4. The molecule has 0 aromatic rings. The van der Waals surface area contributed by atoms with Crippen molar-refractivity contribution in [3.8, 4) is 0 Å². The molecule has 0 aliphatic heterocycles. The van der Waals surface area contributed by atoms with Gasteiger partial charge in [-0.3, -0.25) is 4.79 Å². The van der Waals surface area contributed by atoms with Crippen molar-refractivity contribution < 1.29 is 4.79 Å². The number of hydrogen-bond donors (Lipinski definition) is 2. The molecule has 0 aromatic heterocycles. The molecule has 1 aliphatic rings. The molecule has 1 amide bonds. The van der Waals surface area contributed by atoms with Gasteiger partial charge < -0.3 is 11.1 Å². The zero-order chi connectivity index (χ0) is 10.6. The van der Waals surface area contributed by atoms with Crippen LogP contribution in [0.3, 0.4) is 0 Å². The van der Waals surface area contributed by atoms with Crippen molar-refractivity contribution in [3.05, 3.63) is 0 Å². The van der Waals surface area contributed by atoms with Crippen molar-refractivity contribution in [1.29, 1.82) is 0 Å². The van der Waals surface area contributed by atoms with Crippen LogP contribution in [0.4, 0.5) is 0 Å². The van der Waals surface area contributed by atoms with Crippen molar-refractivity contribution >= 4 is 5.91 Å². The Morgan fingerprint density at radius 1 is 1.36 bits per heavy atom. The Bertz CT molecular complexity index is 192. The highest BCUT2D eigenvalue weighted by atomic mass is 16.2. The highest BCUT2D eigenvalue weighted by Gasteiger charge is 2.22. The Balaban J connectivity index is 2.44. The minimum Gasteiger partial charge on any atom is -0.352 e. The summed E-state index contributed by atoms with van der Waals surface area (Å²) in [7, 11) is 0. The maximum absolute atomic E-state index is 11.4. The van der Waals surface area contributed by atoms with E-state index in [0.29, 0.717) is 12.0 Å². The molecule has 3 N–H and O–H groups in total. The van der Waals surface area contributed by atoms with Crippen LogP contribution in [0, 0.1) is 5.92 Å². The fourth-order valence-corrected chi connectivity index (χ4v) is 2.02. The van der Waals surface area contributed by atoms with Gasteiger partial charge in [0.1, 0.15) is 0 Å². The SMILES string of the molecule is CC1CCCCCC1NC(=O)[C@H](C)N.